The molecule has 0 aliphatic carbocycles. The average Bonchev–Trinajstić information content (AvgIpc) is 2.71. The number of rotatable bonds is 8. The Balaban J connectivity index is 2.76. The fraction of sp³-hybridized carbons (Fsp3) is 0.409. The van der Waals surface area contributed by atoms with Gasteiger partial charge in [0.2, 0.25) is 0 Å². The SMILES string of the molecule is CCOC(=O)C1=C(C)NC(N=CN(C)C)=C(C(=O)OCC)C1c1cccc(OC)c1. The van der Waals surface area contributed by atoms with Crippen molar-refractivity contribution < 1.29 is 23.8 Å². The van der Waals surface area contributed by atoms with Gasteiger partial charge in [-0.25, -0.2) is 14.6 Å². The molecule has 1 unspecified atom stereocenters. The number of aliphatic imine (C=N–C) groups is 1. The standard InChI is InChI=1S/C22H29N3O5/c1-7-29-21(26)17-14(3)24-20(23-13-25(4)5)19(22(27)30-8-2)18(17)15-10-9-11-16(12-15)28-6/h9-13,18,24H,7-8H2,1-6H3. The van der Waals surface area contributed by atoms with Crippen LogP contribution in [0, 0.1) is 0 Å². The van der Waals surface area contributed by atoms with Gasteiger partial charge in [-0.2, -0.15) is 0 Å². The molecule has 2 rings (SSSR count). The van der Waals surface area contributed by atoms with E-state index >= 15 is 0 Å². The van der Waals surface area contributed by atoms with Gasteiger partial charge in [-0.1, -0.05) is 12.1 Å². The molecule has 162 valence electrons. The molecule has 0 aromatic heterocycles. The summed E-state index contributed by atoms with van der Waals surface area (Å²) in [7, 11) is 5.20. The normalized spacial score (nSPS) is 16.4. The van der Waals surface area contributed by atoms with Gasteiger partial charge in [-0.05, 0) is 38.5 Å². The van der Waals surface area contributed by atoms with Crippen molar-refractivity contribution in [2.75, 3.05) is 34.4 Å². The highest BCUT2D eigenvalue weighted by Crippen LogP contribution is 2.40. The van der Waals surface area contributed by atoms with E-state index in [1.807, 2.05) is 20.2 Å². The van der Waals surface area contributed by atoms with Crippen molar-refractivity contribution in [2.45, 2.75) is 26.7 Å². The Morgan fingerprint density at radius 1 is 1.13 bits per heavy atom. The van der Waals surface area contributed by atoms with Gasteiger partial charge in [-0.15, -0.1) is 0 Å². The summed E-state index contributed by atoms with van der Waals surface area (Å²) < 4.78 is 16.0. The number of allylic oxidation sites excluding steroid dienone is 1. The molecule has 0 amide bonds. The second-order valence-electron chi connectivity index (χ2n) is 6.78. The molecular weight excluding hydrogens is 386 g/mol. The predicted molar refractivity (Wildman–Crippen MR) is 114 cm³/mol. The van der Waals surface area contributed by atoms with Gasteiger partial charge in [0.05, 0.1) is 43.7 Å². The number of hydrogen-bond acceptors (Lipinski definition) is 7. The van der Waals surface area contributed by atoms with E-state index in [0.29, 0.717) is 28.4 Å². The zero-order valence-corrected chi connectivity index (χ0v) is 18.3. The molecule has 1 atom stereocenters. The van der Waals surface area contributed by atoms with E-state index in [9.17, 15) is 9.59 Å². The summed E-state index contributed by atoms with van der Waals surface area (Å²) in [5.41, 5.74) is 1.81. The molecule has 0 spiro atoms. The number of ether oxygens (including phenoxy) is 3. The topological polar surface area (TPSA) is 89.5 Å². The Hall–Kier alpha value is -3.29. The lowest BCUT2D eigenvalue weighted by molar-refractivity contribution is -0.139. The second-order valence-corrected chi connectivity index (χ2v) is 6.78. The highest BCUT2D eigenvalue weighted by atomic mass is 16.5. The predicted octanol–water partition coefficient (Wildman–Crippen LogP) is 2.58. The molecule has 1 aromatic rings. The molecule has 1 aliphatic heterocycles. The van der Waals surface area contributed by atoms with Crippen LogP contribution in [0.3, 0.4) is 0 Å². The van der Waals surface area contributed by atoms with E-state index in [2.05, 4.69) is 10.3 Å². The first kappa shape index (κ1) is 23.0. The van der Waals surface area contributed by atoms with E-state index in [1.54, 1.807) is 57.3 Å². The van der Waals surface area contributed by atoms with Crippen LogP contribution in [0.25, 0.3) is 0 Å². The minimum atomic E-state index is -0.728. The lowest BCUT2D eigenvalue weighted by atomic mass is 9.81. The molecule has 0 fully saturated rings. The molecule has 0 saturated heterocycles. The number of nitrogens with zero attached hydrogens (tertiary/aromatic N) is 2. The van der Waals surface area contributed by atoms with Gasteiger partial charge in [0.1, 0.15) is 11.6 Å². The molecule has 0 bridgehead atoms. The largest absolute Gasteiger partial charge is 0.497 e. The van der Waals surface area contributed by atoms with Crippen LogP contribution in [-0.2, 0) is 19.1 Å². The van der Waals surface area contributed by atoms with Crippen LogP contribution in [0.1, 0.15) is 32.3 Å². The molecule has 1 heterocycles. The zero-order valence-electron chi connectivity index (χ0n) is 18.3. The minimum Gasteiger partial charge on any atom is -0.497 e. The monoisotopic (exact) mass is 415 g/mol. The summed E-state index contributed by atoms with van der Waals surface area (Å²) in [5.74, 6) is -0.867. The Morgan fingerprint density at radius 2 is 1.77 bits per heavy atom. The van der Waals surface area contributed by atoms with Crippen LogP contribution in [0.4, 0.5) is 0 Å². The summed E-state index contributed by atoms with van der Waals surface area (Å²) >= 11 is 0. The molecule has 1 aromatic carbocycles. The van der Waals surface area contributed by atoms with Gasteiger partial charge < -0.3 is 24.4 Å². The quantitative estimate of drug-likeness (QED) is 0.396. The van der Waals surface area contributed by atoms with Gasteiger partial charge in [0.15, 0.2) is 0 Å². The fourth-order valence-electron chi connectivity index (χ4n) is 3.14. The van der Waals surface area contributed by atoms with Crippen LogP contribution in [-0.4, -0.2) is 57.6 Å². The number of carbonyl (C=O) groups excluding carboxylic acids is 2. The van der Waals surface area contributed by atoms with E-state index in [4.69, 9.17) is 14.2 Å². The highest BCUT2D eigenvalue weighted by molar-refractivity contribution is 6.00. The van der Waals surface area contributed by atoms with Crippen LogP contribution < -0.4 is 10.1 Å². The number of esters is 2. The summed E-state index contributed by atoms with van der Waals surface area (Å²) in [4.78, 5) is 32.1. The summed E-state index contributed by atoms with van der Waals surface area (Å²) in [5, 5.41) is 3.08. The third kappa shape index (κ3) is 5.20. The molecule has 30 heavy (non-hydrogen) atoms. The number of carbonyl (C=O) groups is 2. The van der Waals surface area contributed by atoms with Crippen molar-refractivity contribution in [1.29, 1.82) is 0 Å². The van der Waals surface area contributed by atoms with Crippen LogP contribution in [0.15, 0.2) is 51.9 Å². The lowest BCUT2D eigenvalue weighted by Crippen LogP contribution is -2.33. The first-order valence-corrected chi connectivity index (χ1v) is 9.74. The fourth-order valence-corrected chi connectivity index (χ4v) is 3.14. The Morgan fingerprint density at radius 3 is 2.33 bits per heavy atom. The number of methoxy groups -OCH3 is 1. The maximum atomic E-state index is 13.0. The van der Waals surface area contributed by atoms with E-state index in [0.717, 1.165) is 0 Å². The third-order valence-corrected chi connectivity index (χ3v) is 4.38. The van der Waals surface area contributed by atoms with Crippen molar-refractivity contribution in [1.82, 2.24) is 10.2 Å². The first-order valence-electron chi connectivity index (χ1n) is 9.74. The molecular formula is C22H29N3O5. The van der Waals surface area contributed by atoms with Crippen molar-refractivity contribution in [3.8, 4) is 5.75 Å². The third-order valence-electron chi connectivity index (χ3n) is 4.38. The number of hydrogen-bond donors (Lipinski definition) is 1. The summed E-state index contributed by atoms with van der Waals surface area (Å²) in [6.45, 7) is 5.62. The Bertz CT molecular complexity index is 887. The molecule has 8 nitrogen and oxygen atoms in total. The smallest absolute Gasteiger partial charge is 0.338 e. The molecule has 0 saturated carbocycles. The van der Waals surface area contributed by atoms with Gasteiger partial charge in [0, 0.05) is 19.8 Å². The van der Waals surface area contributed by atoms with Crippen molar-refractivity contribution >= 4 is 18.3 Å². The lowest BCUT2D eigenvalue weighted by Gasteiger charge is -2.30. The maximum absolute atomic E-state index is 13.0. The van der Waals surface area contributed by atoms with Crippen LogP contribution >= 0.6 is 0 Å². The van der Waals surface area contributed by atoms with Crippen molar-refractivity contribution in [3.05, 3.63) is 52.5 Å². The highest BCUT2D eigenvalue weighted by Gasteiger charge is 2.39. The van der Waals surface area contributed by atoms with E-state index in [-0.39, 0.29) is 18.8 Å². The average molecular weight is 415 g/mol. The molecule has 1 N–H and O–H groups in total. The van der Waals surface area contributed by atoms with E-state index in [1.165, 1.54) is 0 Å². The summed E-state index contributed by atoms with van der Waals surface area (Å²) in [6.07, 6.45) is 1.58. The van der Waals surface area contributed by atoms with Gasteiger partial charge in [0.25, 0.3) is 0 Å². The number of dihydropyridines is 1. The van der Waals surface area contributed by atoms with E-state index < -0.39 is 17.9 Å². The van der Waals surface area contributed by atoms with Crippen molar-refractivity contribution in [3.63, 3.8) is 0 Å². The summed E-state index contributed by atoms with van der Waals surface area (Å²) in [6, 6.07) is 7.22. The van der Waals surface area contributed by atoms with Gasteiger partial charge >= 0.3 is 11.9 Å². The molecule has 0 radical (unpaired) electrons. The number of nitrogens with one attached hydrogen (secondary N) is 1. The first-order chi connectivity index (χ1) is 14.3. The second kappa shape index (κ2) is 10.5. The zero-order chi connectivity index (χ0) is 22.3. The Kier molecular flexibility index (Phi) is 8.03. The van der Waals surface area contributed by atoms with Crippen molar-refractivity contribution in [2.24, 2.45) is 4.99 Å². The molecule has 8 heteroatoms. The maximum Gasteiger partial charge on any atom is 0.338 e. The van der Waals surface area contributed by atoms with Crippen LogP contribution in [0.5, 0.6) is 5.75 Å². The number of benzene rings is 1. The Labute approximate surface area is 177 Å². The minimum absolute atomic E-state index is 0.190. The molecule has 1 aliphatic rings. The van der Waals surface area contributed by atoms with Crippen LogP contribution in [0.2, 0.25) is 0 Å². The van der Waals surface area contributed by atoms with Gasteiger partial charge in [-0.3, -0.25) is 0 Å².